The van der Waals surface area contributed by atoms with Crippen LogP contribution in [0.4, 0.5) is 0 Å². The molecule has 1 atom stereocenters. The number of methoxy groups -OCH3 is 1. The largest absolute Gasteiger partial charge is 0.497 e. The highest BCUT2D eigenvalue weighted by Gasteiger charge is 2.21. The molecule has 0 aliphatic rings. The highest BCUT2D eigenvalue weighted by molar-refractivity contribution is 7.18. The van der Waals surface area contributed by atoms with Crippen molar-refractivity contribution in [1.29, 1.82) is 0 Å². The van der Waals surface area contributed by atoms with E-state index in [4.69, 9.17) is 21.3 Å². The third kappa shape index (κ3) is 7.20. The van der Waals surface area contributed by atoms with Gasteiger partial charge in [-0.25, -0.2) is 4.98 Å². The number of nitrogens with zero attached hydrogens (tertiary/aromatic N) is 5. The lowest BCUT2D eigenvalue weighted by atomic mass is 9.99. The van der Waals surface area contributed by atoms with Crippen LogP contribution in [0.15, 0.2) is 60.7 Å². The number of halogens is 1. The summed E-state index contributed by atoms with van der Waals surface area (Å²) < 4.78 is 8.81. The number of nitrogens with one attached hydrogen (secondary N) is 2. The molecule has 0 radical (unpaired) electrons. The van der Waals surface area contributed by atoms with Crippen molar-refractivity contribution in [2.75, 3.05) is 20.3 Å². The van der Waals surface area contributed by atoms with Gasteiger partial charge in [-0.05, 0) is 72.9 Å². The summed E-state index contributed by atoms with van der Waals surface area (Å²) in [5, 5.41) is 38.9. The van der Waals surface area contributed by atoms with E-state index in [-0.39, 0.29) is 12.5 Å². The highest BCUT2D eigenvalue weighted by Crippen LogP contribution is 2.32. The van der Waals surface area contributed by atoms with E-state index in [0.717, 1.165) is 74.4 Å². The van der Waals surface area contributed by atoms with Crippen molar-refractivity contribution in [2.45, 2.75) is 44.8 Å². The Hall–Kier alpha value is -4.36. The van der Waals surface area contributed by atoms with E-state index in [0.29, 0.717) is 29.4 Å². The molecule has 3 aromatic carbocycles. The highest BCUT2D eigenvalue weighted by atomic mass is 35.5. The van der Waals surface area contributed by atoms with E-state index in [2.05, 4.69) is 30.5 Å². The van der Waals surface area contributed by atoms with Crippen molar-refractivity contribution in [3.63, 3.8) is 0 Å². The van der Waals surface area contributed by atoms with Crippen LogP contribution in [0.5, 0.6) is 5.75 Å². The number of aromatic nitrogens is 6. The quantitative estimate of drug-likeness (QED) is 0.135. The standard InChI is InChI=1S/C33H34ClN7O4S/c1-45-24-8-12-30-27(17-24)36-32(46-30)13-11-28-25(9-4-20-2-6-22(34)7-3-20)26-16-21(33(44)35-18-23(43)19-42)5-10-29(26)41(28)15-14-31-37-39-40-38-31/h2-3,5-8,10,12,16-17,23,42-43H,4,9,11,13-15,18-19H2,1H3,(H,35,44)(H,37,38,39,40). The van der Waals surface area contributed by atoms with Gasteiger partial charge in [0, 0.05) is 59.2 Å². The molecule has 0 fully saturated rings. The zero-order valence-electron chi connectivity index (χ0n) is 25.2. The first-order valence-electron chi connectivity index (χ1n) is 15.0. The fourth-order valence-electron chi connectivity index (χ4n) is 5.65. The number of H-pyrrole nitrogens is 1. The van der Waals surface area contributed by atoms with Crippen LogP contribution < -0.4 is 10.1 Å². The van der Waals surface area contributed by atoms with Crippen LogP contribution in [-0.4, -0.2) is 72.7 Å². The Morgan fingerprint density at radius 1 is 1.07 bits per heavy atom. The number of hydrogen-bond acceptors (Lipinski definition) is 9. The van der Waals surface area contributed by atoms with Crippen LogP contribution in [-0.2, 0) is 38.6 Å². The van der Waals surface area contributed by atoms with E-state index in [1.165, 1.54) is 0 Å². The average molecular weight is 660 g/mol. The van der Waals surface area contributed by atoms with E-state index in [9.17, 15) is 15.0 Å². The number of aliphatic hydroxyl groups is 2. The monoisotopic (exact) mass is 659 g/mol. The van der Waals surface area contributed by atoms with Gasteiger partial charge in [0.1, 0.15) is 5.75 Å². The summed E-state index contributed by atoms with van der Waals surface area (Å²) in [6.45, 7) is 0.155. The third-order valence-corrected chi connectivity index (χ3v) is 9.35. The molecule has 0 spiro atoms. The molecule has 3 aromatic heterocycles. The van der Waals surface area contributed by atoms with Gasteiger partial charge in [-0.15, -0.1) is 21.5 Å². The van der Waals surface area contributed by atoms with Gasteiger partial charge in [0.25, 0.3) is 5.91 Å². The number of thiazole rings is 1. The predicted octanol–water partition coefficient (Wildman–Crippen LogP) is 4.32. The molecule has 13 heteroatoms. The minimum Gasteiger partial charge on any atom is -0.497 e. The molecule has 6 aromatic rings. The maximum atomic E-state index is 13.1. The zero-order valence-corrected chi connectivity index (χ0v) is 26.8. The number of carbonyl (C=O) groups is 1. The van der Waals surface area contributed by atoms with Gasteiger partial charge in [-0.2, -0.15) is 5.21 Å². The molecule has 0 aliphatic heterocycles. The minimum atomic E-state index is -1.02. The molecule has 0 bridgehead atoms. The van der Waals surface area contributed by atoms with Gasteiger partial charge in [0.05, 0.1) is 35.0 Å². The Bertz CT molecular complexity index is 1940. The summed E-state index contributed by atoms with van der Waals surface area (Å²) in [7, 11) is 1.65. The maximum Gasteiger partial charge on any atom is 0.251 e. The average Bonchev–Trinajstić information content (AvgIpc) is 3.81. The van der Waals surface area contributed by atoms with Gasteiger partial charge in [-0.1, -0.05) is 28.9 Å². The summed E-state index contributed by atoms with van der Waals surface area (Å²) in [6, 6.07) is 19.5. The van der Waals surface area contributed by atoms with Gasteiger partial charge in [-0.3, -0.25) is 4.79 Å². The zero-order chi connectivity index (χ0) is 32.0. The second-order valence-electron chi connectivity index (χ2n) is 11.0. The van der Waals surface area contributed by atoms with Crippen LogP contribution in [0.3, 0.4) is 0 Å². The number of aromatic amines is 1. The Morgan fingerprint density at radius 3 is 2.67 bits per heavy atom. The molecule has 1 amide bonds. The van der Waals surface area contributed by atoms with Crippen LogP contribution >= 0.6 is 22.9 Å². The van der Waals surface area contributed by atoms with Gasteiger partial charge in [0.15, 0.2) is 5.82 Å². The number of amides is 1. The topological polar surface area (TPSA) is 151 Å². The van der Waals surface area contributed by atoms with Crippen molar-refractivity contribution in [3.8, 4) is 5.75 Å². The number of benzene rings is 3. The van der Waals surface area contributed by atoms with Gasteiger partial charge < -0.3 is 24.8 Å². The predicted molar refractivity (Wildman–Crippen MR) is 178 cm³/mol. The summed E-state index contributed by atoms with van der Waals surface area (Å²) in [4.78, 5) is 18.0. The number of aliphatic hydroxyl groups excluding tert-OH is 2. The number of rotatable bonds is 14. The summed E-state index contributed by atoms with van der Waals surface area (Å²) in [5.74, 6) is 1.08. The van der Waals surface area contributed by atoms with Crippen molar-refractivity contribution in [3.05, 3.63) is 98.9 Å². The van der Waals surface area contributed by atoms with Crippen LogP contribution in [0.2, 0.25) is 5.02 Å². The lowest BCUT2D eigenvalue weighted by molar-refractivity contribution is 0.0802. The Morgan fingerprint density at radius 2 is 1.91 bits per heavy atom. The molecular formula is C33H34ClN7O4S. The molecule has 6 rings (SSSR count). The number of hydrogen-bond donors (Lipinski definition) is 4. The normalized spacial score (nSPS) is 12.2. The smallest absolute Gasteiger partial charge is 0.251 e. The third-order valence-electron chi connectivity index (χ3n) is 8.00. The second-order valence-corrected chi connectivity index (χ2v) is 12.6. The first-order chi connectivity index (χ1) is 22.4. The molecule has 4 N–H and O–H groups in total. The first-order valence-corrected chi connectivity index (χ1v) is 16.2. The van der Waals surface area contributed by atoms with Crippen molar-refractivity contribution >= 4 is 50.0 Å². The lowest BCUT2D eigenvalue weighted by Gasteiger charge is -2.12. The summed E-state index contributed by atoms with van der Waals surface area (Å²) >= 11 is 7.84. The lowest BCUT2D eigenvalue weighted by Crippen LogP contribution is -2.33. The van der Waals surface area contributed by atoms with Gasteiger partial charge >= 0.3 is 0 Å². The molecule has 1 unspecified atom stereocenters. The number of tetrazole rings is 1. The summed E-state index contributed by atoms with van der Waals surface area (Å²) in [5.41, 5.74) is 5.89. The Labute approximate surface area is 274 Å². The Balaban J connectivity index is 1.39. The number of fused-ring (bicyclic) bond motifs is 2. The maximum absolute atomic E-state index is 13.1. The van der Waals surface area contributed by atoms with Crippen molar-refractivity contribution in [1.82, 2.24) is 35.5 Å². The number of ether oxygens (including phenoxy) is 1. The fourth-order valence-corrected chi connectivity index (χ4v) is 6.72. The summed E-state index contributed by atoms with van der Waals surface area (Å²) in [6.07, 6.45) is 2.55. The van der Waals surface area contributed by atoms with E-state index >= 15 is 0 Å². The van der Waals surface area contributed by atoms with Crippen molar-refractivity contribution in [2.24, 2.45) is 0 Å². The van der Waals surface area contributed by atoms with Crippen LogP contribution in [0.1, 0.15) is 38.0 Å². The fraction of sp³-hybridized carbons (Fsp3) is 0.303. The molecule has 3 heterocycles. The molecule has 11 nitrogen and oxygen atoms in total. The van der Waals surface area contributed by atoms with Crippen LogP contribution in [0.25, 0.3) is 21.1 Å². The molecule has 238 valence electrons. The Kier molecular flexibility index (Phi) is 9.88. The molecule has 0 saturated heterocycles. The number of aryl methyl sites for hydroxylation is 5. The SMILES string of the molecule is COc1ccc2sc(CCc3c(CCc4ccc(Cl)cc4)c4cc(C(=O)NCC(O)CO)ccc4n3CCc3nn[nH]n3)nc2c1. The van der Waals surface area contributed by atoms with Gasteiger partial charge in [0.2, 0.25) is 0 Å². The first kappa shape index (κ1) is 31.6. The number of carbonyl (C=O) groups excluding carboxylic acids is 1. The molecule has 0 aliphatic carbocycles. The van der Waals surface area contributed by atoms with Crippen LogP contribution in [0, 0.1) is 0 Å². The second kappa shape index (κ2) is 14.4. The van der Waals surface area contributed by atoms with E-state index in [1.54, 1.807) is 24.5 Å². The molecule has 0 saturated carbocycles. The van der Waals surface area contributed by atoms with E-state index < -0.39 is 12.7 Å². The molecule has 46 heavy (non-hydrogen) atoms. The molecular weight excluding hydrogens is 626 g/mol. The van der Waals surface area contributed by atoms with E-state index in [1.807, 2.05) is 54.6 Å². The van der Waals surface area contributed by atoms with Crippen molar-refractivity contribution < 1.29 is 19.7 Å². The minimum absolute atomic E-state index is 0.0399.